The van der Waals surface area contributed by atoms with Crippen LogP contribution >= 0.6 is 0 Å². The van der Waals surface area contributed by atoms with Gasteiger partial charge in [-0.1, -0.05) is 0 Å². The van der Waals surface area contributed by atoms with E-state index >= 15 is 0 Å². The fourth-order valence-electron chi connectivity index (χ4n) is 0.908. The largest absolute Gasteiger partial charge is 0.489 e. The van der Waals surface area contributed by atoms with Gasteiger partial charge in [-0.15, -0.1) is 0 Å². The number of ether oxygens (including phenoxy) is 2. The Kier molecular flexibility index (Phi) is 3.28. The van der Waals surface area contributed by atoms with Gasteiger partial charge in [-0.05, 0) is 13.8 Å². The molecular weight excluding hydrogens is 184 g/mol. The molecule has 1 rings (SSSR count). The summed E-state index contributed by atoms with van der Waals surface area (Å²) in [5.41, 5.74) is 4.85. The second-order valence-corrected chi connectivity index (χ2v) is 2.94. The maximum atomic E-state index is 10.4. The summed E-state index contributed by atoms with van der Waals surface area (Å²) in [7, 11) is 0. The van der Waals surface area contributed by atoms with Gasteiger partial charge >= 0.3 is 6.09 Å². The van der Waals surface area contributed by atoms with Gasteiger partial charge in [0.05, 0.1) is 18.5 Å². The fraction of sp³-hybridized carbons (Fsp3) is 0.333. The van der Waals surface area contributed by atoms with E-state index in [4.69, 9.17) is 10.5 Å². The standard InChI is InChI=1S/C9H12N2O3/c1-6(2)13-7-3-8(5-11-4-7)14-9(10)12/h3-6H,1-2H3,(H2,10,12). The van der Waals surface area contributed by atoms with Crippen LogP contribution in [0.25, 0.3) is 0 Å². The molecule has 0 saturated heterocycles. The molecule has 0 bridgehead atoms. The zero-order chi connectivity index (χ0) is 10.6. The van der Waals surface area contributed by atoms with E-state index in [1.165, 1.54) is 12.4 Å². The number of carbonyl (C=O) groups excluding carboxylic acids is 1. The fourth-order valence-corrected chi connectivity index (χ4v) is 0.908. The Morgan fingerprint density at radius 3 is 2.64 bits per heavy atom. The molecule has 0 fully saturated rings. The van der Waals surface area contributed by atoms with E-state index in [-0.39, 0.29) is 11.9 Å². The van der Waals surface area contributed by atoms with E-state index in [1.54, 1.807) is 6.07 Å². The van der Waals surface area contributed by atoms with Gasteiger partial charge in [-0.3, -0.25) is 4.98 Å². The summed E-state index contributed by atoms with van der Waals surface area (Å²) in [5, 5.41) is 0. The first-order chi connectivity index (χ1) is 6.58. The van der Waals surface area contributed by atoms with Gasteiger partial charge in [0.25, 0.3) is 0 Å². The first-order valence-corrected chi connectivity index (χ1v) is 4.17. The highest BCUT2D eigenvalue weighted by Crippen LogP contribution is 2.18. The molecular formula is C9H12N2O3. The number of hydrogen-bond donors (Lipinski definition) is 1. The Labute approximate surface area is 81.8 Å². The Morgan fingerprint density at radius 1 is 1.43 bits per heavy atom. The van der Waals surface area contributed by atoms with Crippen LogP contribution in [0.2, 0.25) is 0 Å². The molecule has 1 aromatic heterocycles. The average Bonchev–Trinajstić information content (AvgIpc) is 2.01. The summed E-state index contributed by atoms with van der Waals surface area (Å²) in [6, 6.07) is 1.55. The number of carbonyl (C=O) groups is 1. The predicted molar refractivity (Wildman–Crippen MR) is 50.2 cm³/mol. The van der Waals surface area contributed by atoms with Crippen LogP contribution in [-0.4, -0.2) is 17.2 Å². The third-order valence-electron chi connectivity index (χ3n) is 1.28. The van der Waals surface area contributed by atoms with Crippen molar-refractivity contribution in [2.45, 2.75) is 20.0 Å². The maximum absolute atomic E-state index is 10.4. The van der Waals surface area contributed by atoms with Crippen LogP contribution in [0.3, 0.4) is 0 Å². The SMILES string of the molecule is CC(C)Oc1cncc(OC(N)=O)c1. The molecule has 5 heteroatoms. The second kappa shape index (κ2) is 4.45. The van der Waals surface area contributed by atoms with Crippen LogP contribution < -0.4 is 15.2 Å². The molecule has 0 saturated carbocycles. The number of pyridine rings is 1. The van der Waals surface area contributed by atoms with Crippen LogP contribution in [-0.2, 0) is 0 Å². The molecule has 14 heavy (non-hydrogen) atoms. The molecule has 1 aromatic rings. The Bertz CT molecular complexity index is 326. The van der Waals surface area contributed by atoms with Gasteiger partial charge in [0.2, 0.25) is 0 Å². The minimum atomic E-state index is -0.867. The van der Waals surface area contributed by atoms with Gasteiger partial charge in [0.15, 0.2) is 5.75 Å². The monoisotopic (exact) mass is 196 g/mol. The third-order valence-corrected chi connectivity index (χ3v) is 1.28. The van der Waals surface area contributed by atoms with Gasteiger partial charge in [-0.2, -0.15) is 0 Å². The molecule has 0 atom stereocenters. The third kappa shape index (κ3) is 3.30. The van der Waals surface area contributed by atoms with Crippen molar-refractivity contribution in [3.8, 4) is 11.5 Å². The number of hydrogen-bond acceptors (Lipinski definition) is 4. The van der Waals surface area contributed by atoms with Gasteiger partial charge < -0.3 is 15.2 Å². The number of rotatable bonds is 3. The van der Waals surface area contributed by atoms with Crippen LogP contribution in [0.5, 0.6) is 11.5 Å². The van der Waals surface area contributed by atoms with Gasteiger partial charge in [0, 0.05) is 6.07 Å². The molecule has 2 N–H and O–H groups in total. The molecule has 0 aliphatic carbocycles. The number of primary amides is 1. The van der Waals surface area contributed by atoms with Gasteiger partial charge in [-0.25, -0.2) is 4.79 Å². The smallest absolute Gasteiger partial charge is 0.410 e. The second-order valence-electron chi connectivity index (χ2n) is 2.94. The van der Waals surface area contributed by atoms with Crippen molar-refractivity contribution < 1.29 is 14.3 Å². The Balaban J connectivity index is 2.73. The highest BCUT2D eigenvalue weighted by molar-refractivity contribution is 5.68. The first-order valence-electron chi connectivity index (χ1n) is 4.17. The van der Waals surface area contributed by atoms with Crippen molar-refractivity contribution >= 4 is 6.09 Å². The quantitative estimate of drug-likeness (QED) is 0.791. The lowest BCUT2D eigenvalue weighted by Crippen LogP contribution is -2.16. The number of nitrogens with zero attached hydrogens (tertiary/aromatic N) is 1. The zero-order valence-corrected chi connectivity index (χ0v) is 8.06. The normalized spacial score (nSPS) is 9.93. The summed E-state index contributed by atoms with van der Waals surface area (Å²) in [4.78, 5) is 14.3. The molecule has 0 radical (unpaired) electrons. The van der Waals surface area contributed by atoms with Crippen molar-refractivity contribution in [3.63, 3.8) is 0 Å². The van der Waals surface area contributed by atoms with Crippen LogP contribution in [0.1, 0.15) is 13.8 Å². The summed E-state index contributed by atoms with van der Waals surface area (Å²) < 4.78 is 9.97. The van der Waals surface area contributed by atoms with Crippen molar-refractivity contribution in [3.05, 3.63) is 18.5 Å². The first kappa shape index (κ1) is 10.3. The van der Waals surface area contributed by atoms with Crippen LogP contribution in [0.4, 0.5) is 4.79 Å². The van der Waals surface area contributed by atoms with Crippen molar-refractivity contribution in [2.24, 2.45) is 5.73 Å². The summed E-state index contributed by atoms with van der Waals surface area (Å²) in [6.45, 7) is 3.78. The van der Waals surface area contributed by atoms with Crippen LogP contribution in [0.15, 0.2) is 18.5 Å². The van der Waals surface area contributed by atoms with E-state index in [1.807, 2.05) is 13.8 Å². The van der Waals surface area contributed by atoms with Crippen molar-refractivity contribution in [2.75, 3.05) is 0 Å². The lowest BCUT2D eigenvalue weighted by atomic mass is 10.4. The highest BCUT2D eigenvalue weighted by atomic mass is 16.5. The molecule has 1 heterocycles. The molecule has 0 aromatic carbocycles. The maximum Gasteiger partial charge on any atom is 0.410 e. The van der Waals surface area contributed by atoms with Crippen molar-refractivity contribution in [1.82, 2.24) is 4.98 Å². The summed E-state index contributed by atoms with van der Waals surface area (Å²) in [5.74, 6) is 0.814. The van der Waals surface area contributed by atoms with Crippen molar-refractivity contribution in [1.29, 1.82) is 0 Å². The predicted octanol–water partition coefficient (Wildman–Crippen LogP) is 1.33. The summed E-state index contributed by atoms with van der Waals surface area (Å²) >= 11 is 0. The number of nitrogens with two attached hydrogens (primary N) is 1. The van der Waals surface area contributed by atoms with E-state index in [0.717, 1.165) is 0 Å². The lowest BCUT2D eigenvalue weighted by molar-refractivity contribution is 0.209. The molecule has 0 aliphatic rings. The van der Waals surface area contributed by atoms with Gasteiger partial charge in [0.1, 0.15) is 5.75 Å². The number of amides is 1. The van der Waals surface area contributed by atoms with E-state index in [9.17, 15) is 4.79 Å². The average molecular weight is 196 g/mol. The molecule has 76 valence electrons. The van der Waals surface area contributed by atoms with E-state index in [0.29, 0.717) is 5.75 Å². The summed E-state index contributed by atoms with van der Waals surface area (Å²) in [6.07, 6.45) is 2.10. The van der Waals surface area contributed by atoms with E-state index in [2.05, 4.69) is 9.72 Å². The molecule has 0 aliphatic heterocycles. The van der Waals surface area contributed by atoms with Crippen LogP contribution in [0, 0.1) is 0 Å². The number of aromatic nitrogens is 1. The Morgan fingerprint density at radius 2 is 2.07 bits per heavy atom. The highest BCUT2D eigenvalue weighted by Gasteiger charge is 2.03. The zero-order valence-electron chi connectivity index (χ0n) is 8.06. The topological polar surface area (TPSA) is 74.4 Å². The molecule has 0 spiro atoms. The minimum Gasteiger partial charge on any atom is -0.489 e. The lowest BCUT2D eigenvalue weighted by Gasteiger charge is -2.09. The molecule has 5 nitrogen and oxygen atoms in total. The molecule has 1 amide bonds. The Hall–Kier alpha value is -1.78. The minimum absolute atomic E-state index is 0.0422. The molecule has 0 unspecified atom stereocenters. The van der Waals surface area contributed by atoms with E-state index < -0.39 is 6.09 Å².